The van der Waals surface area contributed by atoms with Crippen molar-refractivity contribution in [3.05, 3.63) is 58.1 Å². The molecular weight excluding hydrogens is 470 g/mol. The highest BCUT2D eigenvalue weighted by molar-refractivity contribution is 6.32. The van der Waals surface area contributed by atoms with Crippen LogP contribution in [0.1, 0.15) is 21.5 Å². The molecule has 11 heteroatoms. The Kier molecular flexibility index (Phi) is 9.09. The predicted molar refractivity (Wildman–Crippen MR) is 121 cm³/mol. The van der Waals surface area contributed by atoms with Crippen molar-refractivity contribution >= 4 is 17.6 Å². The third-order valence-electron chi connectivity index (χ3n) is 5.35. The molecule has 10 nitrogen and oxygen atoms in total. The molecule has 0 aliphatic carbocycles. The highest BCUT2D eigenvalue weighted by atomic mass is 35.5. The van der Waals surface area contributed by atoms with Crippen molar-refractivity contribution in [3.8, 4) is 11.5 Å². The lowest BCUT2D eigenvalue weighted by atomic mass is 9.99. The Balaban J connectivity index is 1.67. The summed E-state index contributed by atoms with van der Waals surface area (Å²) in [5.74, 6) is -0.293. The fourth-order valence-electron chi connectivity index (χ4n) is 3.47. The largest absolute Gasteiger partial charge is 0.493 e. The van der Waals surface area contributed by atoms with Crippen LogP contribution in [0, 0.1) is 0 Å². The van der Waals surface area contributed by atoms with Crippen LogP contribution in [0.2, 0.25) is 5.02 Å². The first-order chi connectivity index (χ1) is 16.3. The van der Waals surface area contributed by atoms with Gasteiger partial charge in [0.15, 0.2) is 17.8 Å². The van der Waals surface area contributed by atoms with E-state index in [1.165, 1.54) is 26.4 Å². The number of rotatable bonds is 9. The van der Waals surface area contributed by atoms with Gasteiger partial charge in [0.25, 0.3) is 0 Å². The van der Waals surface area contributed by atoms with E-state index in [0.29, 0.717) is 6.54 Å². The van der Waals surface area contributed by atoms with Gasteiger partial charge in [-0.05, 0) is 23.3 Å². The first-order valence-electron chi connectivity index (χ1n) is 10.5. The summed E-state index contributed by atoms with van der Waals surface area (Å²) >= 11 is 6.35. The molecule has 0 unspecified atom stereocenters. The van der Waals surface area contributed by atoms with Crippen molar-refractivity contribution in [3.63, 3.8) is 0 Å². The summed E-state index contributed by atoms with van der Waals surface area (Å²) in [6.45, 7) is 0.210. The molecule has 5 atom stereocenters. The van der Waals surface area contributed by atoms with Crippen LogP contribution in [-0.2, 0) is 27.4 Å². The maximum Gasteiger partial charge on any atom is 0.338 e. The van der Waals surface area contributed by atoms with Gasteiger partial charge in [0.1, 0.15) is 37.6 Å². The summed E-state index contributed by atoms with van der Waals surface area (Å²) in [5.41, 5.74) is 7.60. The minimum atomic E-state index is -1.53. The van der Waals surface area contributed by atoms with Crippen LogP contribution in [-0.4, -0.2) is 72.8 Å². The van der Waals surface area contributed by atoms with Crippen molar-refractivity contribution in [1.29, 1.82) is 0 Å². The van der Waals surface area contributed by atoms with E-state index in [4.69, 9.17) is 41.0 Å². The molecule has 1 saturated heterocycles. The molecule has 0 saturated carbocycles. The molecule has 0 aromatic heterocycles. The minimum Gasteiger partial charge on any atom is -0.493 e. The van der Waals surface area contributed by atoms with E-state index in [0.717, 1.165) is 11.1 Å². The van der Waals surface area contributed by atoms with Gasteiger partial charge in [-0.25, -0.2) is 4.79 Å². The average molecular weight is 498 g/mol. The Bertz CT molecular complexity index is 987. The quantitative estimate of drug-likeness (QED) is 0.369. The van der Waals surface area contributed by atoms with E-state index < -0.39 is 43.3 Å². The Morgan fingerprint density at radius 3 is 2.50 bits per heavy atom. The Hall–Kier alpha value is -2.44. The lowest BCUT2D eigenvalue weighted by Crippen LogP contribution is -2.59. The number of methoxy groups -OCH3 is 2. The Labute approximate surface area is 201 Å². The number of aliphatic hydroxyl groups excluding tert-OH is 3. The molecule has 1 fully saturated rings. The normalized spacial score (nSPS) is 24.5. The van der Waals surface area contributed by atoms with Crippen molar-refractivity contribution in [2.24, 2.45) is 5.73 Å². The van der Waals surface area contributed by atoms with E-state index >= 15 is 0 Å². The number of carbonyl (C=O) groups is 1. The summed E-state index contributed by atoms with van der Waals surface area (Å²) in [7, 11) is 2.68. The van der Waals surface area contributed by atoms with Gasteiger partial charge in [-0.1, -0.05) is 35.9 Å². The maximum absolute atomic E-state index is 12.6. The molecule has 5 N–H and O–H groups in total. The molecule has 2 aromatic rings. The summed E-state index contributed by atoms with van der Waals surface area (Å²) in [4.78, 5) is 12.6. The molecule has 34 heavy (non-hydrogen) atoms. The van der Waals surface area contributed by atoms with E-state index in [1.54, 1.807) is 0 Å². The third kappa shape index (κ3) is 5.97. The molecule has 3 rings (SSSR count). The smallest absolute Gasteiger partial charge is 0.338 e. The maximum atomic E-state index is 12.6. The highest BCUT2D eigenvalue weighted by Gasteiger charge is 2.44. The number of hydrogen-bond donors (Lipinski definition) is 4. The van der Waals surface area contributed by atoms with Gasteiger partial charge >= 0.3 is 5.97 Å². The van der Waals surface area contributed by atoms with Crippen molar-refractivity contribution in [2.75, 3.05) is 20.8 Å². The topological polar surface area (TPSA) is 150 Å². The van der Waals surface area contributed by atoms with Crippen molar-refractivity contribution < 1.29 is 43.8 Å². The number of halogens is 1. The van der Waals surface area contributed by atoms with Gasteiger partial charge in [0, 0.05) is 13.7 Å². The predicted octanol–water partition coefficient (Wildman–Crippen LogP) is 0.997. The van der Waals surface area contributed by atoms with Crippen LogP contribution >= 0.6 is 11.6 Å². The van der Waals surface area contributed by atoms with Crippen molar-refractivity contribution in [2.45, 2.75) is 43.9 Å². The number of benzene rings is 2. The lowest BCUT2D eigenvalue weighted by Gasteiger charge is -2.39. The molecule has 186 valence electrons. The van der Waals surface area contributed by atoms with Crippen LogP contribution in [0.15, 0.2) is 36.4 Å². The second-order valence-corrected chi connectivity index (χ2v) is 8.06. The number of esters is 1. The summed E-state index contributed by atoms with van der Waals surface area (Å²) < 4.78 is 26.7. The number of hydrogen-bond acceptors (Lipinski definition) is 10. The van der Waals surface area contributed by atoms with Gasteiger partial charge < -0.3 is 44.7 Å². The fraction of sp³-hybridized carbons (Fsp3) is 0.435. The Morgan fingerprint density at radius 1 is 1.09 bits per heavy atom. The first-order valence-corrected chi connectivity index (χ1v) is 10.8. The van der Waals surface area contributed by atoms with Crippen LogP contribution in [0.3, 0.4) is 0 Å². The van der Waals surface area contributed by atoms with Crippen LogP contribution < -0.4 is 15.2 Å². The lowest BCUT2D eigenvalue weighted by molar-refractivity contribution is -0.294. The monoisotopic (exact) mass is 497 g/mol. The number of aliphatic hydroxyl groups is 3. The third-order valence-corrected chi connectivity index (χ3v) is 5.64. The van der Waals surface area contributed by atoms with E-state index in [9.17, 15) is 20.1 Å². The van der Waals surface area contributed by atoms with Gasteiger partial charge in [-0.3, -0.25) is 0 Å². The Morgan fingerprint density at radius 2 is 1.82 bits per heavy atom. The van der Waals surface area contributed by atoms with Gasteiger partial charge in [-0.15, -0.1) is 0 Å². The van der Waals surface area contributed by atoms with Crippen LogP contribution in [0.5, 0.6) is 11.5 Å². The molecule has 1 aliphatic heterocycles. The average Bonchev–Trinajstić information content (AvgIpc) is 2.85. The zero-order chi connectivity index (χ0) is 24.8. The molecule has 0 amide bonds. The van der Waals surface area contributed by atoms with E-state index in [-0.39, 0.29) is 28.7 Å². The van der Waals surface area contributed by atoms with Gasteiger partial charge in [-0.2, -0.15) is 0 Å². The van der Waals surface area contributed by atoms with Crippen LogP contribution in [0.4, 0.5) is 0 Å². The first kappa shape index (κ1) is 26.2. The minimum absolute atomic E-state index is 0.0773. The van der Waals surface area contributed by atoms with Gasteiger partial charge in [0.2, 0.25) is 0 Å². The molecule has 2 aromatic carbocycles. The van der Waals surface area contributed by atoms with Crippen LogP contribution in [0.25, 0.3) is 0 Å². The van der Waals surface area contributed by atoms with E-state index in [2.05, 4.69) is 0 Å². The zero-order valence-electron chi connectivity index (χ0n) is 18.7. The second kappa shape index (κ2) is 11.8. The molecule has 1 heterocycles. The fourth-order valence-corrected chi connectivity index (χ4v) is 3.74. The molecule has 0 spiro atoms. The van der Waals surface area contributed by atoms with E-state index in [1.807, 2.05) is 24.3 Å². The summed E-state index contributed by atoms with van der Waals surface area (Å²) in [6.07, 6.45) is -6.75. The molecule has 1 aliphatic rings. The number of carbonyl (C=O) groups excluding carboxylic acids is 1. The second-order valence-electron chi connectivity index (χ2n) is 7.65. The van der Waals surface area contributed by atoms with Crippen molar-refractivity contribution in [1.82, 2.24) is 0 Å². The molecule has 0 radical (unpaired) electrons. The molecule has 0 bridgehead atoms. The molecular formula is C23H28ClNO9. The number of ether oxygens (including phenoxy) is 5. The van der Waals surface area contributed by atoms with Gasteiger partial charge in [0.05, 0.1) is 17.7 Å². The SMILES string of the molecule is COc1cc(C(=O)OC[C@H]2O[C@H](OC)[C@H](O)[C@@H](O)[C@@H]2O)cc(Cl)c1OCc1cccc(CN)c1. The zero-order valence-corrected chi connectivity index (χ0v) is 19.5. The summed E-state index contributed by atoms with van der Waals surface area (Å²) in [5, 5.41) is 30.0. The highest BCUT2D eigenvalue weighted by Crippen LogP contribution is 2.37. The number of nitrogens with two attached hydrogens (primary N) is 1. The summed E-state index contributed by atoms with van der Waals surface area (Å²) in [6, 6.07) is 10.4. The standard InChI is InChI=1S/C23H28ClNO9/c1-30-16-8-14(7-15(24)21(16)32-10-13-5-3-4-12(6-13)9-25)22(29)33-11-17-18(26)19(27)20(28)23(31-2)34-17/h3-8,17-20,23,26-28H,9-11,25H2,1-2H3/t17-,18-,19+,20-,23+/m1/s1.